The fourth-order valence-electron chi connectivity index (χ4n) is 10.9. The zero-order valence-electron chi connectivity index (χ0n) is 37.1. The van der Waals surface area contributed by atoms with E-state index in [-0.39, 0.29) is 50.8 Å². The molecule has 5 heterocycles. The summed E-state index contributed by atoms with van der Waals surface area (Å²) >= 11 is 0. The van der Waals surface area contributed by atoms with Crippen molar-refractivity contribution in [3.63, 3.8) is 0 Å². The minimum absolute atomic E-state index is 0.0216. The van der Waals surface area contributed by atoms with E-state index in [1.54, 1.807) is 37.8 Å². The van der Waals surface area contributed by atoms with E-state index in [1.165, 1.54) is 5.06 Å². The van der Waals surface area contributed by atoms with Crippen LogP contribution in [0.15, 0.2) is 30.3 Å². The van der Waals surface area contributed by atoms with Crippen molar-refractivity contribution in [2.45, 2.75) is 170 Å². The van der Waals surface area contributed by atoms with Crippen molar-refractivity contribution in [3.8, 4) is 0 Å². The quantitative estimate of drug-likeness (QED) is 0.121. The summed E-state index contributed by atoms with van der Waals surface area (Å²) in [6.07, 6.45) is -1.74. The Bertz CT molecular complexity index is 1970. The summed E-state index contributed by atoms with van der Waals surface area (Å²) in [5.41, 5.74) is -0.694. The summed E-state index contributed by atoms with van der Waals surface area (Å²) in [4.78, 5) is 64.9. The van der Waals surface area contributed by atoms with Gasteiger partial charge in [0.15, 0.2) is 18.1 Å². The summed E-state index contributed by atoms with van der Waals surface area (Å²) in [6.45, 7) is 4.58. The fraction of sp³-hybridized carbons (Fsp3) is 0.739. The van der Waals surface area contributed by atoms with Gasteiger partial charge < -0.3 is 64.2 Å². The number of likely N-dealkylation sites (tertiary alicyclic amines) is 1. The second-order valence-corrected chi connectivity index (χ2v) is 20.0. The Kier molecular flexibility index (Phi) is 13.0. The lowest BCUT2D eigenvalue weighted by Gasteiger charge is -2.50. The molecule has 19 heteroatoms. The molecule has 358 valence electrons. The molecule has 8 fully saturated rings. The van der Waals surface area contributed by atoms with Gasteiger partial charge in [0.25, 0.3) is 0 Å². The predicted molar refractivity (Wildman–Crippen MR) is 223 cm³/mol. The Morgan fingerprint density at radius 3 is 2.43 bits per heavy atom. The molecule has 9 rings (SSSR count). The van der Waals surface area contributed by atoms with E-state index < -0.39 is 127 Å². The molecular weight excluding hydrogens is 851 g/mol. The van der Waals surface area contributed by atoms with Crippen LogP contribution in [0.3, 0.4) is 0 Å². The molecule has 2 amide bonds. The normalized spacial score (nSPS) is 37.0. The van der Waals surface area contributed by atoms with Crippen LogP contribution in [-0.4, -0.2) is 170 Å². The first-order valence-corrected chi connectivity index (χ1v) is 23.2. The predicted octanol–water partition coefficient (Wildman–Crippen LogP) is 0.207. The molecule has 65 heavy (non-hydrogen) atoms. The fourth-order valence-corrected chi connectivity index (χ4v) is 10.9. The topological polar surface area (TPSA) is 253 Å². The maximum Gasteiger partial charge on any atom is 0.327 e. The Balaban J connectivity index is 0.946. The van der Waals surface area contributed by atoms with Crippen molar-refractivity contribution < 1.29 is 78.0 Å². The van der Waals surface area contributed by atoms with Crippen LogP contribution in [0.1, 0.15) is 89.7 Å². The van der Waals surface area contributed by atoms with Crippen molar-refractivity contribution in [1.29, 1.82) is 0 Å². The number of carbonyl (C=O) groups is 4. The van der Waals surface area contributed by atoms with Gasteiger partial charge in [0.05, 0.1) is 32.4 Å². The highest BCUT2D eigenvalue weighted by Crippen LogP contribution is 2.64. The molecule has 5 saturated heterocycles. The zero-order valence-corrected chi connectivity index (χ0v) is 37.1. The summed E-state index contributed by atoms with van der Waals surface area (Å²) in [5, 5.41) is 54.6. The van der Waals surface area contributed by atoms with Crippen LogP contribution >= 0.6 is 0 Å². The highest BCUT2D eigenvalue weighted by atomic mass is 16.8. The Morgan fingerprint density at radius 2 is 1.74 bits per heavy atom. The van der Waals surface area contributed by atoms with E-state index >= 15 is 4.79 Å². The Hall–Kier alpha value is -3.60. The first-order chi connectivity index (χ1) is 31.1. The highest BCUT2D eigenvalue weighted by molar-refractivity contribution is 5.96. The number of nitrogens with one attached hydrogen (secondary N) is 1. The van der Waals surface area contributed by atoms with Gasteiger partial charge in [-0.15, -0.1) is 0 Å². The SMILES string of the molecule is CC(C)(C)OC(=O)CCC(CO)NC(=O)C1CCCN1C(=O)C12CC3OC(=O)C1N(Cc1cccc(C=CCOC4OC(CO)C(O)C(O)C4O)c1)OC2C1OC(C2CC2)(C2CC2)OC31. The number of rotatable bonds is 16. The van der Waals surface area contributed by atoms with Gasteiger partial charge in [-0.25, -0.2) is 0 Å². The molecule has 3 aliphatic carbocycles. The molecule has 19 nitrogen and oxygen atoms in total. The molecule has 8 aliphatic rings. The number of aliphatic hydroxyl groups excluding tert-OH is 5. The molecule has 0 aromatic heterocycles. The lowest BCUT2D eigenvalue weighted by molar-refractivity contribution is -0.298. The van der Waals surface area contributed by atoms with Gasteiger partial charge in [-0.2, -0.15) is 5.06 Å². The van der Waals surface area contributed by atoms with Crippen molar-refractivity contribution in [3.05, 3.63) is 41.5 Å². The largest absolute Gasteiger partial charge is 0.460 e. The second-order valence-electron chi connectivity index (χ2n) is 20.0. The number of hydrogen-bond acceptors (Lipinski definition) is 17. The summed E-state index contributed by atoms with van der Waals surface area (Å²) < 4.78 is 36.6. The Labute approximate surface area is 377 Å². The van der Waals surface area contributed by atoms with E-state index in [0.29, 0.717) is 12.8 Å². The van der Waals surface area contributed by atoms with Gasteiger partial charge in [0.2, 0.25) is 11.8 Å². The van der Waals surface area contributed by atoms with E-state index in [1.807, 2.05) is 24.3 Å². The van der Waals surface area contributed by atoms with Gasteiger partial charge in [0.1, 0.15) is 65.9 Å². The van der Waals surface area contributed by atoms with Crippen molar-refractivity contribution in [1.82, 2.24) is 15.3 Å². The molecule has 2 bridgehead atoms. The van der Waals surface area contributed by atoms with Crippen LogP contribution in [-0.2, 0) is 59.0 Å². The number of carbonyl (C=O) groups excluding carboxylic acids is 4. The number of fused-ring (bicyclic) bond motifs is 4. The third-order valence-corrected chi connectivity index (χ3v) is 14.2. The van der Waals surface area contributed by atoms with Gasteiger partial charge in [-0.3, -0.25) is 24.0 Å². The van der Waals surface area contributed by atoms with Crippen LogP contribution in [0.25, 0.3) is 6.08 Å². The molecule has 5 aliphatic heterocycles. The minimum Gasteiger partial charge on any atom is -0.460 e. The van der Waals surface area contributed by atoms with Gasteiger partial charge in [-0.1, -0.05) is 36.4 Å². The standard InChI is InChI=1S/C46H63N3O16/c1-44(2,3)62-32(52)16-15-28(22-50)47-40(56)29-10-5-17-48(29)43(58)45-20-30-36-37(64-46(63-36,26-11-12-26)27-13-14-27)39(45)65-49(38(45)41(57)60-30)21-25-8-4-7-24(19-25)9-6-18-59-42-35(55)34(54)33(53)31(23-51)61-42/h4,6-9,19,26-31,33-39,42,50-51,53-55H,5,10-18,20-23H2,1-3H3,(H,47,56). The first kappa shape index (κ1) is 46.5. The molecule has 1 aromatic carbocycles. The summed E-state index contributed by atoms with van der Waals surface area (Å²) in [7, 11) is 0. The monoisotopic (exact) mass is 913 g/mol. The number of amides is 2. The van der Waals surface area contributed by atoms with Crippen LogP contribution < -0.4 is 5.32 Å². The lowest BCUT2D eigenvalue weighted by atomic mass is 9.62. The number of esters is 2. The minimum atomic E-state index is -1.56. The van der Waals surface area contributed by atoms with E-state index in [0.717, 1.165) is 36.8 Å². The van der Waals surface area contributed by atoms with Gasteiger partial charge in [-0.05, 0) is 76.8 Å². The maximum absolute atomic E-state index is 15.5. The first-order valence-electron chi connectivity index (χ1n) is 23.2. The average molecular weight is 914 g/mol. The third kappa shape index (κ3) is 8.87. The zero-order chi connectivity index (χ0) is 46.0. The smallest absolute Gasteiger partial charge is 0.327 e. The van der Waals surface area contributed by atoms with E-state index in [4.69, 9.17) is 33.3 Å². The number of nitrogens with zero attached hydrogens (tertiary/aromatic N) is 2. The Morgan fingerprint density at radius 1 is 1.00 bits per heavy atom. The average Bonchev–Trinajstić information content (AvgIpc) is 4.19. The number of hydroxylamine groups is 2. The highest BCUT2D eigenvalue weighted by Gasteiger charge is 2.78. The van der Waals surface area contributed by atoms with E-state index in [2.05, 4.69) is 5.32 Å². The number of aliphatic hydroxyl groups is 5. The third-order valence-electron chi connectivity index (χ3n) is 14.2. The van der Waals surface area contributed by atoms with Crippen LogP contribution in [0.2, 0.25) is 0 Å². The van der Waals surface area contributed by atoms with Crippen LogP contribution in [0.4, 0.5) is 0 Å². The lowest BCUT2D eigenvalue weighted by Crippen LogP contribution is -2.70. The molecule has 13 unspecified atom stereocenters. The molecule has 0 spiro atoms. The molecule has 13 atom stereocenters. The second kappa shape index (κ2) is 18.1. The van der Waals surface area contributed by atoms with Crippen molar-refractivity contribution in [2.24, 2.45) is 17.3 Å². The van der Waals surface area contributed by atoms with Gasteiger partial charge in [0, 0.05) is 31.2 Å². The van der Waals surface area contributed by atoms with Crippen molar-refractivity contribution in [2.75, 3.05) is 26.4 Å². The summed E-state index contributed by atoms with van der Waals surface area (Å²) in [6, 6.07) is 4.58. The number of ether oxygens (including phenoxy) is 6. The number of hydrogen-bond donors (Lipinski definition) is 6. The molecule has 6 N–H and O–H groups in total. The number of benzene rings is 1. The molecular formula is C46H63N3O16. The van der Waals surface area contributed by atoms with Gasteiger partial charge >= 0.3 is 11.9 Å². The van der Waals surface area contributed by atoms with Crippen molar-refractivity contribution >= 4 is 29.8 Å². The summed E-state index contributed by atoms with van der Waals surface area (Å²) in [5.74, 6) is -2.42. The van der Waals surface area contributed by atoms with Crippen LogP contribution in [0, 0.1) is 17.3 Å². The molecule has 1 aromatic rings. The molecule has 3 saturated carbocycles. The van der Waals surface area contributed by atoms with E-state index in [9.17, 15) is 39.9 Å². The van der Waals surface area contributed by atoms with Crippen LogP contribution in [0.5, 0.6) is 0 Å². The molecule has 0 radical (unpaired) electrons. The maximum atomic E-state index is 15.5.